The third kappa shape index (κ3) is 3.94. The number of aryl methyl sites for hydroxylation is 1. The van der Waals surface area contributed by atoms with Crippen LogP contribution in [-0.2, 0) is 11.3 Å². The average molecular weight is 312 g/mol. The number of anilines is 1. The Morgan fingerprint density at radius 1 is 1.17 bits per heavy atom. The number of hydrogen-bond acceptors (Lipinski definition) is 4. The van der Waals surface area contributed by atoms with Gasteiger partial charge in [0.1, 0.15) is 11.6 Å². The lowest BCUT2D eigenvalue weighted by Crippen LogP contribution is -2.30. The summed E-state index contributed by atoms with van der Waals surface area (Å²) >= 11 is 0. The summed E-state index contributed by atoms with van der Waals surface area (Å²) in [6, 6.07) is 9.20. The van der Waals surface area contributed by atoms with Gasteiger partial charge in [0.05, 0.1) is 19.2 Å². The van der Waals surface area contributed by atoms with E-state index in [4.69, 9.17) is 4.74 Å². The molecule has 0 spiro atoms. The Hall–Kier alpha value is -2.69. The number of carbonyl (C=O) groups excluding carboxylic acids is 2. The molecule has 1 amide bonds. The van der Waals surface area contributed by atoms with Crippen molar-refractivity contribution < 1.29 is 14.3 Å². The van der Waals surface area contributed by atoms with Crippen LogP contribution < -0.4 is 9.64 Å². The molecular formula is C18H20N2O3. The SMILES string of the molecule is COc1ccc(CN(C(C)=O)c2ncc(C)cc2C(C)=O)cc1. The quantitative estimate of drug-likeness (QED) is 0.796. The molecule has 5 nitrogen and oxygen atoms in total. The summed E-state index contributed by atoms with van der Waals surface area (Å²) in [6.45, 7) is 5.15. The molecule has 0 atom stereocenters. The maximum atomic E-state index is 12.1. The standard InChI is InChI=1S/C18H20N2O3/c1-12-9-17(13(2)21)18(19-10-12)20(14(3)22)11-15-5-7-16(23-4)8-6-15/h5-10H,11H2,1-4H3. The topological polar surface area (TPSA) is 59.5 Å². The van der Waals surface area contributed by atoms with E-state index in [1.54, 1.807) is 19.4 Å². The lowest BCUT2D eigenvalue weighted by molar-refractivity contribution is -0.116. The van der Waals surface area contributed by atoms with E-state index in [0.717, 1.165) is 16.9 Å². The van der Waals surface area contributed by atoms with Gasteiger partial charge in [-0.15, -0.1) is 0 Å². The fraction of sp³-hybridized carbons (Fsp3) is 0.278. The Morgan fingerprint density at radius 3 is 2.35 bits per heavy atom. The van der Waals surface area contributed by atoms with Gasteiger partial charge in [-0.05, 0) is 43.2 Å². The number of aromatic nitrogens is 1. The summed E-state index contributed by atoms with van der Waals surface area (Å²) < 4.78 is 5.13. The maximum Gasteiger partial charge on any atom is 0.225 e. The van der Waals surface area contributed by atoms with Gasteiger partial charge in [-0.2, -0.15) is 0 Å². The Kier molecular flexibility index (Phi) is 5.11. The van der Waals surface area contributed by atoms with Gasteiger partial charge in [-0.25, -0.2) is 4.98 Å². The molecule has 1 aromatic carbocycles. The lowest BCUT2D eigenvalue weighted by Gasteiger charge is -2.22. The Balaban J connectivity index is 2.38. The number of ether oxygens (including phenoxy) is 1. The van der Waals surface area contributed by atoms with Crippen LogP contribution in [0.15, 0.2) is 36.5 Å². The number of hydrogen-bond donors (Lipinski definition) is 0. The molecule has 0 aliphatic rings. The highest BCUT2D eigenvalue weighted by Gasteiger charge is 2.19. The first kappa shape index (κ1) is 16.7. The van der Waals surface area contributed by atoms with E-state index in [2.05, 4.69) is 4.98 Å². The number of carbonyl (C=O) groups is 2. The Morgan fingerprint density at radius 2 is 1.83 bits per heavy atom. The van der Waals surface area contributed by atoms with Crippen molar-refractivity contribution in [2.75, 3.05) is 12.0 Å². The number of nitrogens with zero attached hydrogens (tertiary/aromatic N) is 2. The average Bonchev–Trinajstić information content (AvgIpc) is 2.53. The molecule has 23 heavy (non-hydrogen) atoms. The molecule has 0 aliphatic carbocycles. The third-order valence-corrected chi connectivity index (χ3v) is 3.52. The van der Waals surface area contributed by atoms with Crippen LogP contribution in [0, 0.1) is 6.92 Å². The Bertz CT molecular complexity index is 724. The summed E-state index contributed by atoms with van der Waals surface area (Å²) in [6.07, 6.45) is 1.66. The largest absolute Gasteiger partial charge is 0.497 e. The molecular weight excluding hydrogens is 292 g/mol. The second-order valence-corrected chi connectivity index (χ2v) is 5.39. The van der Waals surface area contributed by atoms with Crippen LogP contribution in [-0.4, -0.2) is 23.8 Å². The summed E-state index contributed by atoms with van der Waals surface area (Å²) in [4.78, 5) is 29.8. The van der Waals surface area contributed by atoms with Crippen molar-refractivity contribution in [1.82, 2.24) is 4.98 Å². The van der Waals surface area contributed by atoms with Crippen LogP contribution >= 0.6 is 0 Å². The number of benzene rings is 1. The molecule has 2 rings (SSSR count). The monoisotopic (exact) mass is 312 g/mol. The number of Topliss-reactive ketones (excluding diaryl/α,β-unsaturated/α-hetero) is 1. The van der Waals surface area contributed by atoms with Crippen LogP contribution in [0.5, 0.6) is 5.75 Å². The summed E-state index contributed by atoms with van der Waals surface area (Å²) in [5, 5.41) is 0. The van der Waals surface area contributed by atoms with Gasteiger partial charge >= 0.3 is 0 Å². The van der Waals surface area contributed by atoms with Crippen molar-refractivity contribution in [1.29, 1.82) is 0 Å². The van der Waals surface area contributed by atoms with E-state index in [1.165, 1.54) is 18.7 Å². The van der Waals surface area contributed by atoms with Crippen LogP contribution in [0.4, 0.5) is 5.82 Å². The zero-order valence-corrected chi connectivity index (χ0v) is 13.8. The zero-order valence-electron chi connectivity index (χ0n) is 13.8. The molecule has 0 radical (unpaired) electrons. The van der Waals surface area contributed by atoms with Gasteiger partial charge in [-0.1, -0.05) is 12.1 Å². The highest BCUT2D eigenvalue weighted by molar-refractivity contribution is 6.03. The van der Waals surface area contributed by atoms with Crippen molar-refractivity contribution in [2.45, 2.75) is 27.3 Å². The number of ketones is 1. The fourth-order valence-corrected chi connectivity index (χ4v) is 2.29. The Labute approximate surface area is 135 Å². The minimum Gasteiger partial charge on any atom is -0.497 e. The van der Waals surface area contributed by atoms with Gasteiger partial charge in [0, 0.05) is 13.1 Å². The van der Waals surface area contributed by atoms with Crippen molar-refractivity contribution >= 4 is 17.5 Å². The van der Waals surface area contributed by atoms with Crippen LogP contribution in [0.2, 0.25) is 0 Å². The smallest absolute Gasteiger partial charge is 0.225 e. The van der Waals surface area contributed by atoms with Crippen molar-refractivity contribution in [3.8, 4) is 5.75 Å². The van der Waals surface area contributed by atoms with E-state index < -0.39 is 0 Å². The van der Waals surface area contributed by atoms with Gasteiger partial charge in [0.15, 0.2) is 5.78 Å². The number of methoxy groups -OCH3 is 1. The molecule has 2 aromatic rings. The van der Waals surface area contributed by atoms with E-state index in [-0.39, 0.29) is 11.7 Å². The maximum absolute atomic E-state index is 12.1. The number of pyridine rings is 1. The second kappa shape index (κ2) is 7.05. The third-order valence-electron chi connectivity index (χ3n) is 3.52. The molecule has 0 unspecified atom stereocenters. The predicted octanol–water partition coefficient (Wildman–Crippen LogP) is 3.15. The second-order valence-electron chi connectivity index (χ2n) is 5.39. The van der Waals surface area contributed by atoms with Gasteiger partial charge < -0.3 is 4.74 Å². The highest BCUT2D eigenvalue weighted by atomic mass is 16.5. The summed E-state index contributed by atoms with van der Waals surface area (Å²) in [5.74, 6) is 0.865. The van der Waals surface area contributed by atoms with Crippen molar-refractivity contribution in [2.24, 2.45) is 0 Å². The molecule has 5 heteroatoms. The molecule has 0 saturated heterocycles. The van der Waals surface area contributed by atoms with E-state index >= 15 is 0 Å². The van der Waals surface area contributed by atoms with Crippen LogP contribution in [0.3, 0.4) is 0 Å². The zero-order chi connectivity index (χ0) is 17.0. The van der Waals surface area contributed by atoms with E-state index in [0.29, 0.717) is 17.9 Å². The number of rotatable bonds is 5. The molecule has 0 N–H and O–H groups in total. The first-order valence-corrected chi connectivity index (χ1v) is 7.31. The molecule has 0 bridgehead atoms. The van der Waals surface area contributed by atoms with E-state index in [1.807, 2.05) is 31.2 Å². The highest BCUT2D eigenvalue weighted by Crippen LogP contribution is 2.22. The van der Waals surface area contributed by atoms with Gasteiger partial charge in [0.2, 0.25) is 5.91 Å². The van der Waals surface area contributed by atoms with Crippen molar-refractivity contribution in [3.63, 3.8) is 0 Å². The molecule has 0 saturated carbocycles. The van der Waals surface area contributed by atoms with Gasteiger partial charge in [0.25, 0.3) is 0 Å². The first-order chi connectivity index (χ1) is 10.9. The minimum absolute atomic E-state index is 0.114. The molecule has 1 aromatic heterocycles. The predicted molar refractivity (Wildman–Crippen MR) is 88.8 cm³/mol. The lowest BCUT2D eigenvalue weighted by atomic mass is 10.1. The van der Waals surface area contributed by atoms with Crippen LogP contribution in [0.25, 0.3) is 0 Å². The molecule has 0 aliphatic heterocycles. The molecule has 1 heterocycles. The first-order valence-electron chi connectivity index (χ1n) is 7.31. The van der Waals surface area contributed by atoms with Gasteiger partial charge in [-0.3, -0.25) is 14.5 Å². The summed E-state index contributed by atoms with van der Waals surface area (Å²) in [7, 11) is 1.60. The van der Waals surface area contributed by atoms with Crippen LogP contribution in [0.1, 0.15) is 35.3 Å². The minimum atomic E-state index is -0.167. The van der Waals surface area contributed by atoms with E-state index in [9.17, 15) is 9.59 Å². The molecule has 0 fully saturated rings. The molecule has 120 valence electrons. The van der Waals surface area contributed by atoms with Crippen molar-refractivity contribution in [3.05, 3.63) is 53.2 Å². The normalized spacial score (nSPS) is 10.3. The summed E-state index contributed by atoms with van der Waals surface area (Å²) in [5.41, 5.74) is 2.26. The fourth-order valence-electron chi connectivity index (χ4n) is 2.29. The number of amides is 1.